The third-order valence-corrected chi connectivity index (χ3v) is 4.14. The zero-order valence-electron chi connectivity index (χ0n) is 14.6. The monoisotopic (exact) mass is 392 g/mol. The molecule has 0 fully saturated rings. The molecule has 8 heteroatoms. The van der Waals surface area contributed by atoms with Gasteiger partial charge < -0.3 is 9.47 Å². The Morgan fingerprint density at radius 3 is 1.81 bits per heavy atom. The number of hydrogen-bond acceptors (Lipinski definition) is 2. The van der Waals surface area contributed by atoms with E-state index in [-0.39, 0.29) is 18.8 Å². The van der Waals surface area contributed by atoms with Crippen LogP contribution < -0.4 is 0 Å². The van der Waals surface area contributed by atoms with E-state index >= 15 is 4.39 Å². The molecule has 2 aromatic rings. The van der Waals surface area contributed by atoms with Crippen molar-refractivity contribution in [1.82, 2.24) is 0 Å². The van der Waals surface area contributed by atoms with E-state index in [1.165, 1.54) is 44.6 Å². The molecule has 2 rings (SSSR count). The van der Waals surface area contributed by atoms with Crippen molar-refractivity contribution in [2.45, 2.75) is 31.0 Å². The molecule has 0 aliphatic carbocycles. The minimum atomic E-state index is -6.10. The average Bonchev–Trinajstić information content (AvgIpc) is 2.61. The van der Waals surface area contributed by atoms with E-state index in [0.29, 0.717) is 5.56 Å². The van der Waals surface area contributed by atoms with E-state index in [4.69, 9.17) is 9.47 Å². The van der Waals surface area contributed by atoms with Crippen LogP contribution in [0.4, 0.5) is 26.3 Å². The summed E-state index contributed by atoms with van der Waals surface area (Å²) in [5.74, 6) is -5.67. The van der Waals surface area contributed by atoms with Gasteiger partial charge in [-0.25, -0.2) is 4.39 Å². The molecule has 0 aliphatic rings. The summed E-state index contributed by atoms with van der Waals surface area (Å²) in [7, 11) is 2.63. The molecule has 0 saturated carbocycles. The van der Waals surface area contributed by atoms with E-state index in [1.807, 2.05) is 0 Å². The first-order valence-corrected chi connectivity index (χ1v) is 7.88. The summed E-state index contributed by atoms with van der Waals surface area (Å²) in [6, 6.07) is 9.10. The highest BCUT2D eigenvalue weighted by Gasteiger charge is 2.72. The van der Waals surface area contributed by atoms with Crippen LogP contribution in [0.25, 0.3) is 0 Å². The molecule has 2 aromatic carbocycles. The fourth-order valence-electron chi connectivity index (χ4n) is 2.84. The standard InChI is InChI=1S/C19H18F6O2/c1-26-11-13-7-9-15(10-8-13)17(20,18(21,22)19(23,24)25)16-6-4-3-5-14(16)12-27-2/h3-10H,11-12H2,1-2H3. The van der Waals surface area contributed by atoms with Crippen molar-refractivity contribution in [3.05, 3.63) is 70.8 Å². The van der Waals surface area contributed by atoms with Crippen molar-refractivity contribution in [2.75, 3.05) is 14.2 Å². The third-order valence-electron chi connectivity index (χ3n) is 4.14. The van der Waals surface area contributed by atoms with Gasteiger partial charge >= 0.3 is 12.1 Å². The van der Waals surface area contributed by atoms with Gasteiger partial charge in [0.1, 0.15) is 0 Å². The molecular formula is C19H18F6O2. The Bertz CT molecular complexity index is 758. The summed E-state index contributed by atoms with van der Waals surface area (Å²) in [6.07, 6.45) is -6.10. The lowest BCUT2D eigenvalue weighted by Crippen LogP contribution is -2.53. The Morgan fingerprint density at radius 1 is 0.741 bits per heavy atom. The van der Waals surface area contributed by atoms with Gasteiger partial charge in [-0.2, -0.15) is 22.0 Å². The number of methoxy groups -OCH3 is 2. The molecule has 148 valence electrons. The van der Waals surface area contributed by atoms with Crippen molar-refractivity contribution in [3.63, 3.8) is 0 Å². The van der Waals surface area contributed by atoms with E-state index in [2.05, 4.69) is 0 Å². The molecule has 1 atom stereocenters. The predicted octanol–water partition coefficient (Wildman–Crippen LogP) is 5.39. The summed E-state index contributed by atoms with van der Waals surface area (Å²) >= 11 is 0. The van der Waals surface area contributed by atoms with Crippen LogP contribution in [0, 0.1) is 0 Å². The topological polar surface area (TPSA) is 18.5 Å². The highest BCUT2D eigenvalue weighted by molar-refractivity contribution is 5.45. The minimum absolute atomic E-state index is 0.104. The number of hydrogen-bond donors (Lipinski definition) is 0. The van der Waals surface area contributed by atoms with E-state index < -0.39 is 28.9 Å². The lowest BCUT2D eigenvalue weighted by molar-refractivity contribution is -0.323. The SMILES string of the molecule is COCc1ccc(C(F)(c2ccccc2COC)C(F)(F)C(F)(F)F)cc1. The van der Waals surface area contributed by atoms with E-state index in [1.54, 1.807) is 0 Å². The van der Waals surface area contributed by atoms with Crippen LogP contribution in [-0.4, -0.2) is 26.3 Å². The van der Waals surface area contributed by atoms with Crippen LogP contribution in [0.5, 0.6) is 0 Å². The highest BCUT2D eigenvalue weighted by Crippen LogP contribution is 2.55. The Kier molecular flexibility index (Phi) is 6.21. The van der Waals surface area contributed by atoms with Gasteiger partial charge in [0.05, 0.1) is 13.2 Å². The molecule has 1 unspecified atom stereocenters. The molecule has 0 bridgehead atoms. The van der Waals surface area contributed by atoms with Gasteiger partial charge in [0.2, 0.25) is 5.67 Å². The lowest BCUT2D eigenvalue weighted by Gasteiger charge is -2.36. The quantitative estimate of drug-likeness (QED) is 0.588. The number of rotatable bonds is 7. The van der Waals surface area contributed by atoms with Gasteiger partial charge in [-0.3, -0.25) is 0 Å². The molecular weight excluding hydrogens is 374 g/mol. The lowest BCUT2D eigenvalue weighted by atomic mass is 9.79. The summed E-state index contributed by atoms with van der Waals surface area (Å²) in [4.78, 5) is 0. The average molecular weight is 392 g/mol. The van der Waals surface area contributed by atoms with Gasteiger partial charge in [-0.1, -0.05) is 48.5 Å². The number of benzene rings is 2. The number of alkyl halides is 6. The molecule has 0 aromatic heterocycles. The fourth-order valence-corrected chi connectivity index (χ4v) is 2.84. The first-order valence-electron chi connectivity index (χ1n) is 7.88. The maximum Gasteiger partial charge on any atom is 0.457 e. The van der Waals surface area contributed by atoms with Crippen LogP contribution in [0.1, 0.15) is 22.3 Å². The first-order chi connectivity index (χ1) is 12.6. The Hall–Kier alpha value is -2.06. The second-order valence-electron chi connectivity index (χ2n) is 5.95. The molecule has 2 nitrogen and oxygen atoms in total. The normalized spacial score (nSPS) is 14.8. The van der Waals surface area contributed by atoms with Gasteiger partial charge in [0.15, 0.2) is 0 Å². The Morgan fingerprint density at radius 2 is 1.30 bits per heavy atom. The smallest absolute Gasteiger partial charge is 0.380 e. The molecule has 0 spiro atoms. The summed E-state index contributed by atoms with van der Waals surface area (Å²) in [5.41, 5.74) is -5.34. The Labute approximate surface area is 152 Å². The maximum absolute atomic E-state index is 15.9. The van der Waals surface area contributed by atoms with Crippen LogP contribution in [0.2, 0.25) is 0 Å². The summed E-state index contributed by atoms with van der Waals surface area (Å²) in [6.45, 7) is -0.215. The predicted molar refractivity (Wildman–Crippen MR) is 87.2 cm³/mol. The van der Waals surface area contributed by atoms with Crippen molar-refractivity contribution in [3.8, 4) is 0 Å². The largest absolute Gasteiger partial charge is 0.457 e. The molecule has 0 amide bonds. The first kappa shape index (κ1) is 21.2. The molecule has 0 radical (unpaired) electrons. The van der Waals surface area contributed by atoms with Gasteiger partial charge in [-0.15, -0.1) is 0 Å². The molecule has 27 heavy (non-hydrogen) atoms. The van der Waals surface area contributed by atoms with Crippen LogP contribution in [0.3, 0.4) is 0 Å². The number of ether oxygens (including phenoxy) is 2. The van der Waals surface area contributed by atoms with Crippen molar-refractivity contribution in [2.24, 2.45) is 0 Å². The summed E-state index contributed by atoms with van der Waals surface area (Å²) < 4.78 is 94.0. The maximum atomic E-state index is 15.9. The molecule has 0 saturated heterocycles. The van der Waals surface area contributed by atoms with E-state index in [0.717, 1.165) is 18.2 Å². The number of halogens is 6. The zero-order chi connectivity index (χ0) is 20.3. The van der Waals surface area contributed by atoms with Gasteiger partial charge in [0, 0.05) is 25.3 Å². The second-order valence-corrected chi connectivity index (χ2v) is 5.95. The molecule has 0 heterocycles. The van der Waals surface area contributed by atoms with Crippen molar-refractivity contribution in [1.29, 1.82) is 0 Å². The van der Waals surface area contributed by atoms with Crippen LogP contribution >= 0.6 is 0 Å². The molecule has 0 aliphatic heterocycles. The summed E-state index contributed by atoms with van der Waals surface area (Å²) in [5, 5.41) is 0. The second kappa shape index (κ2) is 7.90. The Balaban J connectivity index is 2.74. The minimum Gasteiger partial charge on any atom is -0.380 e. The van der Waals surface area contributed by atoms with Crippen LogP contribution in [-0.2, 0) is 28.4 Å². The van der Waals surface area contributed by atoms with Gasteiger partial charge in [-0.05, 0) is 11.1 Å². The zero-order valence-corrected chi connectivity index (χ0v) is 14.6. The van der Waals surface area contributed by atoms with Crippen molar-refractivity contribution < 1.29 is 35.8 Å². The fraction of sp³-hybridized carbons (Fsp3) is 0.368. The van der Waals surface area contributed by atoms with Crippen molar-refractivity contribution >= 4 is 0 Å². The highest BCUT2D eigenvalue weighted by atomic mass is 19.4. The third kappa shape index (κ3) is 3.82. The van der Waals surface area contributed by atoms with E-state index in [9.17, 15) is 22.0 Å². The van der Waals surface area contributed by atoms with Crippen LogP contribution in [0.15, 0.2) is 48.5 Å². The van der Waals surface area contributed by atoms with Gasteiger partial charge in [0.25, 0.3) is 0 Å². The molecule has 0 N–H and O–H groups in total.